The van der Waals surface area contributed by atoms with E-state index in [0.717, 1.165) is 24.9 Å². The molecule has 0 amide bonds. The molecule has 2 atom stereocenters. The van der Waals surface area contributed by atoms with E-state index in [1.807, 2.05) is 6.92 Å². The van der Waals surface area contributed by atoms with Crippen LogP contribution in [0.15, 0.2) is 18.2 Å². The van der Waals surface area contributed by atoms with Gasteiger partial charge in [-0.2, -0.15) is 0 Å². The lowest BCUT2D eigenvalue weighted by Gasteiger charge is -2.16. The van der Waals surface area contributed by atoms with Crippen LogP contribution < -0.4 is 10.1 Å². The summed E-state index contributed by atoms with van der Waals surface area (Å²) in [6.45, 7) is 7.45. The summed E-state index contributed by atoms with van der Waals surface area (Å²) in [5.41, 5.74) is 0.993. The van der Waals surface area contributed by atoms with E-state index in [2.05, 4.69) is 19.2 Å². The van der Waals surface area contributed by atoms with Crippen LogP contribution in [0.25, 0.3) is 0 Å². The molecule has 1 heterocycles. The molecule has 1 saturated heterocycles. The Kier molecular flexibility index (Phi) is 5.38. The van der Waals surface area contributed by atoms with Gasteiger partial charge in [-0.3, -0.25) is 0 Å². The van der Waals surface area contributed by atoms with Crippen LogP contribution in [0.4, 0.5) is 4.39 Å². The minimum absolute atomic E-state index is 0.0638. The maximum Gasteiger partial charge on any atom is 0.165 e. The largest absolute Gasteiger partial charge is 0.488 e. The predicted molar refractivity (Wildman–Crippen MR) is 77.7 cm³/mol. The number of hydrogen-bond donors (Lipinski definition) is 1. The second-order valence-corrected chi connectivity index (χ2v) is 5.77. The van der Waals surface area contributed by atoms with Crippen molar-refractivity contribution in [3.63, 3.8) is 0 Å². The molecule has 0 aliphatic carbocycles. The molecule has 0 spiro atoms. The Bertz CT molecular complexity index is 436. The van der Waals surface area contributed by atoms with Crippen LogP contribution in [0.5, 0.6) is 5.75 Å². The molecule has 0 saturated carbocycles. The molecule has 2 unspecified atom stereocenters. The van der Waals surface area contributed by atoms with Crippen molar-refractivity contribution in [3.05, 3.63) is 29.6 Å². The van der Waals surface area contributed by atoms with E-state index < -0.39 is 0 Å². The highest BCUT2D eigenvalue weighted by Gasteiger charge is 2.25. The molecule has 1 aromatic carbocycles. The Morgan fingerprint density at radius 2 is 2.10 bits per heavy atom. The summed E-state index contributed by atoms with van der Waals surface area (Å²) in [5, 5.41) is 3.37. The van der Waals surface area contributed by atoms with Gasteiger partial charge >= 0.3 is 0 Å². The van der Waals surface area contributed by atoms with Crippen LogP contribution in [0.3, 0.4) is 0 Å². The zero-order chi connectivity index (χ0) is 14.5. The van der Waals surface area contributed by atoms with Gasteiger partial charge < -0.3 is 14.8 Å². The molecule has 112 valence electrons. The molecule has 0 radical (unpaired) electrons. The summed E-state index contributed by atoms with van der Waals surface area (Å²) in [6, 6.07) is 5.37. The van der Waals surface area contributed by atoms with E-state index in [9.17, 15) is 4.39 Å². The molecule has 1 aromatic rings. The maximum atomic E-state index is 13.6. The molecule has 3 nitrogen and oxygen atoms in total. The SMILES string of the molecule is Cc1ccc(F)c(OCC2CCC(CNC(C)C)O2)c1. The minimum Gasteiger partial charge on any atom is -0.488 e. The van der Waals surface area contributed by atoms with Crippen molar-refractivity contribution < 1.29 is 13.9 Å². The second-order valence-electron chi connectivity index (χ2n) is 5.77. The summed E-state index contributed by atoms with van der Waals surface area (Å²) in [5.74, 6) is 0.00368. The van der Waals surface area contributed by atoms with Crippen molar-refractivity contribution >= 4 is 0 Å². The fourth-order valence-corrected chi connectivity index (χ4v) is 2.32. The minimum atomic E-state index is -0.313. The first-order valence-electron chi connectivity index (χ1n) is 7.32. The van der Waals surface area contributed by atoms with E-state index in [1.165, 1.54) is 6.07 Å². The summed E-state index contributed by atoms with van der Waals surface area (Å²) >= 11 is 0. The van der Waals surface area contributed by atoms with Crippen LogP contribution in [0.2, 0.25) is 0 Å². The van der Waals surface area contributed by atoms with Gasteiger partial charge in [0.2, 0.25) is 0 Å². The first-order valence-corrected chi connectivity index (χ1v) is 7.32. The Balaban J connectivity index is 1.76. The number of nitrogens with one attached hydrogen (secondary N) is 1. The fraction of sp³-hybridized carbons (Fsp3) is 0.625. The van der Waals surface area contributed by atoms with Crippen LogP contribution in [-0.2, 0) is 4.74 Å². The average molecular weight is 281 g/mol. The summed E-state index contributed by atoms with van der Waals surface area (Å²) in [7, 11) is 0. The van der Waals surface area contributed by atoms with Gasteiger partial charge in [-0.15, -0.1) is 0 Å². The molecule has 20 heavy (non-hydrogen) atoms. The molecule has 0 aromatic heterocycles. The topological polar surface area (TPSA) is 30.5 Å². The van der Waals surface area contributed by atoms with Gasteiger partial charge in [0.25, 0.3) is 0 Å². The smallest absolute Gasteiger partial charge is 0.165 e. The summed E-state index contributed by atoms with van der Waals surface area (Å²) in [4.78, 5) is 0. The van der Waals surface area contributed by atoms with Crippen LogP contribution in [0.1, 0.15) is 32.3 Å². The first-order chi connectivity index (χ1) is 9.54. The normalized spacial score (nSPS) is 22.4. The quantitative estimate of drug-likeness (QED) is 0.869. The molecule has 1 N–H and O–H groups in total. The third-order valence-electron chi connectivity index (χ3n) is 3.46. The van der Waals surface area contributed by atoms with Gasteiger partial charge in [0.15, 0.2) is 11.6 Å². The van der Waals surface area contributed by atoms with Gasteiger partial charge in [-0.05, 0) is 37.5 Å². The van der Waals surface area contributed by atoms with Crippen molar-refractivity contribution in [2.45, 2.75) is 51.9 Å². The molecule has 1 aliphatic rings. The van der Waals surface area contributed by atoms with E-state index in [0.29, 0.717) is 18.4 Å². The zero-order valence-corrected chi connectivity index (χ0v) is 12.5. The molecule has 2 rings (SSSR count). The number of ether oxygens (including phenoxy) is 2. The van der Waals surface area contributed by atoms with E-state index >= 15 is 0 Å². The van der Waals surface area contributed by atoms with Crippen molar-refractivity contribution in [1.29, 1.82) is 0 Å². The highest BCUT2D eigenvalue weighted by atomic mass is 19.1. The number of aryl methyl sites for hydroxylation is 1. The Morgan fingerprint density at radius 3 is 2.85 bits per heavy atom. The second kappa shape index (κ2) is 7.04. The molecular formula is C16H24FNO2. The summed E-state index contributed by atoms with van der Waals surface area (Å²) < 4.78 is 25.0. The average Bonchev–Trinajstić information content (AvgIpc) is 2.85. The third-order valence-corrected chi connectivity index (χ3v) is 3.46. The van der Waals surface area contributed by atoms with Crippen LogP contribution in [-0.4, -0.2) is 31.4 Å². The van der Waals surface area contributed by atoms with Crippen molar-refractivity contribution in [3.8, 4) is 5.75 Å². The van der Waals surface area contributed by atoms with E-state index in [-0.39, 0.29) is 18.0 Å². The number of benzene rings is 1. The van der Waals surface area contributed by atoms with Crippen LogP contribution >= 0.6 is 0 Å². The molecule has 1 fully saturated rings. The van der Waals surface area contributed by atoms with Crippen molar-refractivity contribution in [1.82, 2.24) is 5.32 Å². The molecule has 1 aliphatic heterocycles. The molecule has 0 bridgehead atoms. The Hall–Kier alpha value is -1.13. The number of halogens is 1. The van der Waals surface area contributed by atoms with Gasteiger partial charge in [0.1, 0.15) is 6.61 Å². The lowest BCUT2D eigenvalue weighted by molar-refractivity contribution is 0.0171. The number of rotatable bonds is 6. The standard InChI is InChI=1S/C16H24FNO2/c1-11(2)18-9-13-5-6-14(20-13)10-19-16-8-12(3)4-7-15(16)17/h4,7-8,11,13-14,18H,5-6,9-10H2,1-3H3. The third kappa shape index (κ3) is 4.46. The maximum absolute atomic E-state index is 13.6. The van der Waals surface area contributed by atoms with Gasteiger partial charge in [-0.25, -0.2) is 4.39 Å². The van der Waals surface area contributed by atoms with Gasteiger partial charge in [-0.1, -0.05) is 19.9 Å². The van der Waals surface area contributed by atoms with Crippen molar-refractivity contribution in [2.24, 2.45) is 0 Å². The van der Waals surface area contributed by atoms with Crippen molar-refractivity contribution in [2.75, 3.05) is 13.2 Å². The van der Waals surface area contributed by atoms with E-state index in [1.54, 1.807) is 12.1 Å². The molecular weight excluding hydrogens is 257 g/mol. The molecule has 4 heteroatoms. The van der Waals surface area contributed by atoms with Crippen LogP contribution in [0, 0.1) is 12.7 Å². The number of hydrogen-bond acceptors (Lipinski definition) is 3. The van der Waals surface area contributed by atoms with E-state index in [4.69, 9.17) is 9.47 Å². The highest BCUT2D eigenvalue weighted by Crippen LogP contribution is 2.23. The Labute approximate surface area is 120 Å². The lowest BCUT2D eigenvalue weighted by atomic mass is 10.2. The fourth-order valence-electron chi connectivity index (χ4n) is 2.32. The monoisotopic (exact) mass is 281 g/mol. The van der Waals surface area contributed by atoms with Gasteiger partial charge in [0.05, 0.1) is 12.2 Å². The first kappa shape index (κ1) is 15.3. The summed E-state index contributed by atoms with van der Waals surface area (Å²) in [6.07, 6.45) is 2.31. The van der Waals surface area contributed by atoms with Gasteiger partial charge in [0, 0.05) is 12.6 Å². The highest BCUT2D eigenvalue weighted by molar-refractivity contribution is 5.29. The Morgan fingerprint density at radius 1 is 1.35 bits per heavy atom. The lowest BCUT2D eigenvalue weighted by Crippen LogP contribution is -2.32. The zero-order valence-electron chi connectivity index (χ0n) is 12.5. The predicted octanol–water partition coefficient (Wildman–Crippen LogP) is 3.06.